The van der Waals surface area contributed by atoms with E-state index in [-0.39, 0.29) is 6.61 Å². The average Bonchev–Trinajstić information content (AvgIpc) is 3.18. The fraction of sp³-hybridized carbons (Fsp3) is 0.500. The summed E-state index contributed by atoms with van der Waals surface area (Å²) in [6.45, 7) is 4.11. The molecule has 0 amide bonds. The van der Waals surface area contributed by atoms with Crippen molar-refractivity contribution in [2.45, 2.75) is 32.2 Å². The first-order valence-corrected chi connectivity index (χ1v) is 8.38. The van der Waals surface area contributed by atoms with E-state index in [1.54, 1.807) is 6.07 Å². The van der Waals surface area contributed by atoms with Gasteiger partial charge in [-0.2, -0.15) is 0 Å². The predicted octanol–water partition coefficient (Wildman–Crippen LogP) is 2.36. The van der Waals surface area contributed by atoms with Crippen molar-refractivity contribution in [1.29, 1.82) is 0 Å². The second-order valence-corrected chi connectivity index (χ2v) is 6.23. The van der Waals surface area contributed by atoms with E-state index in [4.69, 9.17) is 5.11 Å². The van der Waals surface area contributed by atoms with Gasteiger partial charge in [-0.15, -0.1) is 0 Å². The van der Waals surface area contributed by atoms with Crippen molar-refractivity contribution in [3.05, 3.63) is 35.5 Å². The van der Waals surface area contributed by atoms with Crippen LogP contribution in [0.4, 0.5) is 0 Å². The number of aromatic carboxylic acids is 1. The molecule has 2 aromatic rings. The van der Waals surface area contributed by atoms with E-state index in [1.165, 1.54) is 31.5 Å². The molecule has 1 aliphatic rings. The maximum atomic E-state index is 11.5. The number of hydrogen-bond donors (Lipinski definition) is 2. The van der Waals surface area contributed by atoms with Crippen LogP contribution in [0.15, 0.2) is 24.4 Å². The molecule has 1 aromatic heterocycles. The van der Waals surface area contributed by atoms with E-state index >= 15 is 0 Å². The number of carboxylic acid groups (broad SMARTS) is 1. The minimum Gasteiger partial charge on any atom is -0.478 e. The van der Waals surface area contributed by atoms with E-state index in [0.29, 0.717) is 18.5 Å². The van der Waals surface area contributed by atoms with Crippen LogP contribution < -0.4 is 0 Å². The van der Waals surface area contributed by atoms with Crippen molar-refractivity contribution < 1.29 is 15.0 Å². The molecule has 1 aromatic carbocycles. The van der Waals surface area contributed by atoms with Gasteiger partial charge in [0.1, 0.15) is 0 Å². The molecule has 0 atom stereocenters. The van der Waals surface area contributed by atoms with E-state index in [0.717, 1.165) is 23.9 Å². The second kappa shape index (κ2) is 7.15. The Bertz CT molecular complexity index is 687. The highest BCUT2D eigenvalue weighted by Crippen LogP contribution is 2.26. The Morgan fingerprint density at radius 3 is 2.65 bits per heavy atom. The molecule has 23 heavy (non-hydrogen) atoms. The number of aromatic nitrogens is 1. The molecule has 3 rings (SSSR count). The topological polar surface area (TPSA) is 65.7 Å². The van der Waals surface area contributed by atoms with Gasteiger partial charge in [-0.3, -0.25) is 0 Å². The summed E-state index contributed by atoms with van der Waals surface area (Å²) in [5, 5.41) is 19.6. The van der Waals surface area contributed by atoms with Crippen LogP contribution >= 0.6 is 0 Å². The zero-order chi connectivity index (χ0) is 16.2. The molecule has 0 spiro atoms. The zero-order valence-electron chi connectivity index (χ0n) is 13.4. The number of carbonyl (C=O) groups is 1. The van der Waals surface area contributed by atoms with Crippen LogP contribution in [-0.4, -0.2) is 51.9 Å². The number of likely N-dealkylation sites (tertiary alicyclic amines) is 1. The first-order valence-electron chi connectivity index (χ1n) is 8.38. The van der Waals surface area contributed by atoms with E-state index < -0.39 is 5.97 Å². The molecule has 0 bridgehead atoms. The van der Waals surface area contributed by atoms with Crippen LogP contribution in [0.25, 0.3) is 10.9 Å². The lowest BCUT2D eigenvalue weighted by Gasteiger charge is -2.13. The van der Waals surface area contributed by atoms with Crippen molar-refractivity contribution in [3.63, 3.8) is 0 Å². The molecule has 2 N–H and O–H groups in total. The van der Waals surface area contributed by atoms with Crippen molar-refractivity contribution >= 4 is 16.9 Å². The highest BCUT2D eigenvalue weighted by molar-refractivity contribution is 6.03. The van der Waals surface area contributed by atoms with Crippen molar-refractivity contribution in [3.8, 4) is 0 Å². The predicted molar refractivity (Wildman–Crippen MR) is 90.0 cm³/mol. The van der Waals surface area contributed by atoms with Gasteiger partial charge >= 0.3 is 5.97 Å². The van der Waals surface area contributed by atoms with Crippen LogP contribution in [0.5, 0.6) is 0 Å². The molecule has 1 saturated heterocycles. The molecule has 124 valence electrons. The number of nitrogens with zero attached hydrogens (tertiary/aromatic N) is 2. The second-order valence-electron chi connectivity index (χ2n) is 6.23. The lowest BCUT2D eigenvalue weighted by Crippen LogP contribution is -2.21. The molecule has 5 nitrogen and oxygen atoms in total. The quantitative estimate of drug-likeness (QED) is 0.823. The standard InChI is InChI=1S/C18H24N2O3/c21-12-4-10-20-13-14(7-11-19-8-1-2-9-19)15-5-3-6-16(17(15)20)18(22)23/h3,5-6,13,21H,1-2,4,7-12H2,(H,22,23). The Morgan fingerprint density at radius 1 is 1.17 bits per heavy atom. The molecule has 0 radical (unpaired) electrons. The van der Waals surface area contributed by atoms with Gasteiger partial charge in [0.25, 0.3) is 0 Å². The van der Waals surface area contributed by atoms with Crippen LogP contribution in [0.3, 0.4) is 0 Å². The number of rotatable bonds is 7. The van der Waals surface area contributed by atoms with Gasteiger partial charge in [0, 0.05) is 31.3 Å². The molecular formula is C18H24N2O3. The Balaban J connectivity index is 1.93. The zero-order valence-corrected chi connectivity index (χ0v) is 13.4. The van der Waals surface area contributed by atoms with Gasteiger partial charge in [-0.1, -0.05) is 12.1 Å². The molecule has 2 heterocycles. The Labute approximate surface area is 136 Å². The van der Waals surface area contributed by atoms with E-state index in [2.05, 4.69) is 11.1 Å². The lowest BCUT2D eigenvalue weighted by atomic mass is 10.1. The van der Waals surface area contributed by atoms with Crippen molar-refractivity contribution in [2.75, 3.05) is 26.2 Å². The number of aliphatic hydroxyl groups is 1. The number of carboxylic acids is 1. The third-order valence-corrected chi connectivity index (χ3v) is 4.66. The van der Waals surface area contributed by atoms with Gasteiger partial charge in [0.05, 0.1) is 11.1 Å². The number of benzene rings is 1. The average molecular weight is 316 g/mol. The highest BCUT2D eigenvalue weighted by atomic mass is 16.4. The fourth-order valence-electron chi connectivity index (χ4n) is 3.51. The minimum absolute atomic E-state index is 0.109. The Hall–Kier alpha value is -1.85. The summed E-state index contributed by atoms with van der Waals surface area (Å²) in [4.78, 5) is 14.0. The normalized spacial score (nSPS) is 15.5. The number of fused-ring (bicyclic) bond motifs is 1. The summed E-state index contributed by atoms with van der Waals surface area (Å²) in [5.74, 6) is -0.898. The fourth-order valence-corrected chi connectivity index (χ4v) is 3.51. The maximum Gasteiger partial charge on any atom is 0.337 e. The van der Waals surface area contributed by atoms with Gasteiger partial charge in [0.15, 0.2) is 0 Å². The molecular weight excluding hydrogens is 292 g/mol. The Morgan fingerprint density at radius 2 is 1.96 bits per heavy atom. The van der Waals surface area contributed by atoms with Gasteiger partial charge in [-0.25, -0.2) is 4.79 Å². The highest BCUT2D eigenvalue weighted by Gasteiger charge is 2.17. The molecule has 5 heteroatoms. The molecule has 0 saturated carbocycles. The summed E-state index contributed by atoms with van der Waals surface area (Å²) in [6.07, 6.45) is 6.20. The van der Waals surface area contributed by atoms with Crippen LogP contribution in [0.2, 0.25) is 0 Å². The Kier molecular flexibility index (Phi) is 4.98. The summed E-state index contributed by atoms with van der Waals surface area (Å²) in [7, 11) is 0. The summed E-state index contributed by atoms with van der Waals surface area (Å²) < 4.78 is 1.99. The number of para-hydroxylation sites is 1. The third kappa shape index (κ3) is 3.41. The molecule has 0 aliphatic carbocycles. The van der Waals surface area contributed by atoms with Crippen LogP contribution in [-0.2, 0) is 13.0 Å². The minimum atomic E-state index is -0.898. The smallest absolute Gasteiger partial charge is 0.337 e. The molecule has 0 unspecified atom stereocenters. The first-order chi connectivity index (χ1) is 11.2. The number of hydrogen-bond acceptors (Lipinski definition) is 3. The van der Waals surface area contributed by atoms with Crippen molar-refractivity contribution in [2.24, 2.45) is 0 Å². The largest absolute Gasteiger partial charge is 0.478 e. The number of aryl methyl sites for hydroxylation is 1. The monoisotopic (exact) mass is 316 g/mol. The van der Waals surface area contributed by atoms with Crippen molar-refractivity contribution in [1.82, 2.24) is 9.47 Å². The SMILES string of the molecule is O=C(O)c1cccc2c(CCN3CCCC3)cn(CCCO)c12. The summed E-state index contributed by atoms with van der Waals surface area (Å²) in [6, 6.07) is 5.49. The van der Waals surface area contributed by atoms with E-state index in [1.807, 2.05) is 16.7 Å². The van der Waals surface area contributed by atoms with Gasteiger partial charge in [-0.05, 0) is 50.4 Å². The van der Waals surface area contributed by atoms with E-state index in [9.17, 15) is 9.90 Å². The molecule has 1 aliphatic heterocycles. The summed E-state index contributed by atoms with van der Waals surface area (Å²) >= 11 is 0. The maximum absolute atomic E-state index is 11.5. The summed E-state index contributed by atoms with van der Waals surface area (Å²) in [5.41, 5.74) is 2.32. The molecule has 1 fully saturated rings. The van der Waals surface area contributed by atoms with Gasteiger partial charge in [0.2, 0.25) is 0 Å². The van der Waals surface area contributed by atoms with Crippen LogP contribution in [0, 0.1) is 0 Å². The number of aliphatic hydroxyl groups excluding tert-OH is 1. The van der Waals surface area contributed by atoms with Gasteiger partial charge < -0.3 is 19.7 Å². The lowest BCUT2D eigenvalue weighted by molar-refractivity contribution is 0.0698. The van der Waals surface area contributed by atoms with Crippen LogP contribution in [0.1, 0.15) is 35.2 Å². The third-order valence-electron chi connectivity index (χ3n) is 4.66. The first kappa shape index (κ1) is 16.0.